The fraction of sp³-hybridized carbons (Fsp3) is 0.917. The molecule has 2 aliphatic rings. The minimum absolute atomic E-state index is 0.115. The molecule has 0 bridgehead atoms. The highest BCUT2D eigenvalue weighted by molar-refractivity contribution is 5.81. The Morgan fingerprint density at radius 1 is 1.25 bits per heavy atom. The van der Waals surface area contributed by atoms with Crippen LogP contribution in [0.15, 0.2) is 0 Å². The van der Waals surface area contributed by atoms with E-state index in [1.54, 1.807) is 6.92 Å². The zero-order valence-corrected chi connectivity index (χ0v) is 10.2. The van der Waals surface area contributed by atoms with Gasteiger partial charge in [-0.3, -0.25) is 9.69 Å². The van der Waals surface area contributed by atoms with Gasteiger partial charge in [0, 0.05) is 19.1 Å². The highest BCUT2D eigenvalue weighted by Crippen LogP contribution is 2.20. The predicted molar refractivity (Wildman–Crippen MR) is 64.1 cm³/mol. The molecule has 2 N–H and O–H groups in total. The summed E-state index contributed by atoms with van der Waals surface area (Å²) in [6, 6.07) is 0.233. The zero-order valence-electron chi connectivity index (χ0n) is 10.2. The van der Waals surface area contributed by atoms with Crippen molar-refractivity contribution in [1.82, 2.24) is 9.80 Å². The van der Waals surface area contributed by atoms with Crippen LogP contribution in [0.1, 0.15) is 32.6 Å². The van der Waals surface area contributed by atoms with E-state index >= 15 is 0 Å². The lowest BCUT2D eigenvalue weighted by Crippen LogP contribution is -2.52. The number of hydrogen-bond acceptors (Lipinski definition) is 3. The van der Waals surface area contributed by atoms with Crippen molar-refractivity contribution in [3.63, 3.8) is 0 Å². The Hall–Kier alpha value is -0.610. The molecule has 0 aromatic rings. The Kier molecular flexibility index (Phi) is 3.82. The standard InChI is InChI=1S/C12H23N3O/c1-10(13)12(16)15-8-4-5-11(9-15)14-6-2-3-7-14/h10-11H,2-9,13H2,1H3/t10-,11?/m0/s1. The first-order valence-electron chi connectivity index (χ1n) is 6.47. The van der Waals surface area contributed by atoms with Gasteiger partial charge in [-0.15, -0.1) is 0 Å². The Morgan fingerprint density at radius 3 is 2.56 bits per heavy atom. The van der Waals surface area contributed by atoms with Crippen LogP contribution in [-0.2, 0) is 4.79 Å². The maximum Gasteiger partial charge on any atom is 0.239 e. The second-order valence-electron chi connectivity index (χ2n) is 5.11. The SMILES string of the molecule is C[C@H](N)C(=O)N1CCCC(N2CCCC2)C1. The molecule has 2 aliphatic heterocycles. The van der Waals surface area contributed by atoms with Crippen LogP contribution in [0.2, 0.25) is 0 Å². The van der Waals surface area contributed by atoms with E-state index in [9.17, 15) is 4.79 Å². The molecule has 4 nitrogen and oxygen atoms in total. The van der Waals surface area contributed by atoms with Crippen LogP contribution in [0, 0.1) is 0 Å². The summed E-state index contributed by atoms with van der Waals surface area (Å²) in [6.45, 7) is 5.99. The molecule has 4 heteroatoms. The second-order valence-corrected chi connectivity index (χ2v) is 5.11. The summed E-state index contributed by atoms with van der Waals surface area (Å²) >= 11 is 0. The van der Waals surface area contributed by atoms with Crippen LogP contribution in [0.25, 0.3) is 0 Å². The Balaban J connectivity index is 1.90. The molecule has 16 heavy (non-hydrogen) atoms. The topological polar surface area (TPSA) is 49.6 Å². The fourth-order valence-electron chi connectivity index (χ4n) is 2.85. The van der Waals surface area contributed by atoms with Crippen LogP contribution in [0.4, 0.5) is 0 Å². The third-order valence-corrected chi connectivity index (χ3v) is 3.75. The van der Waals surface area contributed by atoms with E-state index in [4.69, 9.17) is 5.73 Å². The van der Waals surface area contributed by atoms with E-state index < -0.39 is 0 Å². The number of nitrogens with two attached hydrogens (primary N) is 1. The van der Waals surface area contributed by atoms with Crippen LogP contribution >= 0.6 is 0 Å². The summed E-state index contributed by atoms with van der Waals surface area (Å²) in [7, 11) is 0. The molecule has 2 heterocycles. The third-order valence-electron chi connectivity index (χ3n) is 3.75. The number of rotatable bonds is 2. The molecule has 0 saturated carbocycles. The minimum Gasteiger partial charge on any atom is -0.340 e. The second kappa shape index (κ2) is 5.15. The van der Waals surface area contributed by atoms with Gasteiger partial charge in [0.2, 0.25) is 5.91 Å². The largest absolute Gasteiger partial charge is 0.340 e. The molecule has 92 valence electrons. The number of likely N-dealkylation sites (tertiary alicyclic amines) is 2. The first kappa shape index (κ1) is 11.9. The maximum atomic E-state index is 11.8. The van der Waals surface area contributed by atoms with Crippen molar-refractivity contribution >= 4 is 5.91 Å². The van der Waals surface area contributed by atoms with Crippen LogP contribution in [0.3, 0.4) is 0 Å². The molecule has 0 spiro atoms. The highest BCUT2D eigenvalue weighted by Gasteiger charge is 2.29. The van der Waals surface area contributed by atoms with Gasteiger partial charge in [0.05, 0.1) is 6.04 Å². The molecule has 0 aliphatic carbocycles. The van der Waals surface area contributed by atoms with Crippen molar-refractivity contribution < 1.29 is 4.79 Å². The smallest absolute Gasteiger partial charge is 0.239 e. The quantitative estimate of drug-likeness (QED) is 0.741. The Labute approximate surface area is 97.8 Å². The molecular formula is C12H23N3O. The van der Waals surface area contributed by atoms with Crippen LogP contribution < -0.4 is 5.73 Å². The Morgan fingerprint density at radius 2 is 1.94 bits per heavy atom. The molecule has 0 radical (unpaired) electrons. The van der Waals surface area contributed by atoms with Crippen molar-refractivity contribution in [2.75, 3.05) is 26.2 Å². The lowest BCUT2D eigenvalue weighted by molar-refractivity contribution is -0.134. The molecular weight excluding hydrogens is 202 g/mol. The van der Waals surface area contributed by atoms with E-state index in [-0.39, 0.29) is 11.9 Å². The van der Waals surface area contributed by atoms with E-state index in [1.807, 2.05) is 4.90 Å². The molecule has 2 rings (SSSR count). The van der Waals surface area contributed by atoms with Gasteiger partial charge in [-0.05, 0) is 45.7 Å². The summed E-state index contributed by atoms with van der Waals surface area (Å²) in [6.07, 6.45) is 5.00. The summed E-state index contributed by atoms with van der Waals surface area (Å²) in [5.41, 5.74) is 5.66. The molecule has 2 atom stereocenters. The van der Waals surface area contributed by atoms with Crippen molar-refractivity contribution in [3.8, 4) is 0 Å². The number of piperidine rings is 1. The van der Waals surface area contributed by atoms with Gasteiger partial charge in [0.25, 0.3) is 0 Å². The monoisotopic (exact) mass is 225 g/mol. The van der Waals surface area contributed by atoms with Gasteiger partial charge in [-0.2, -0.15) is 0 Å². The fourth-order valence-corrected chi connectivity index (χ4v) is 2.85. The number of nitrogens with zero attached hydrogens (tertiary/aromatic N) is 2. The summed E-state index contributed by atoms with van der Waals surface area (Å²) in [5.74, 6) is 0.115. The van der Waals surface area contributed by atoms with Crippen LogP contribution in [0.5, 0.6) is 0 Å². The lowest BCUT2D eigenvalue weighted by atomic mass is 10.0. The first-order chi connectivity index (χ1) is 7.68. The molecule has 0 aromatic heterocycles. The van der Waals surface area contributed by atoms with E-state index in [1.165, 1.54) is 32.4 Å². The van der Waals surface area contributed by atoms with Gasteiger partial charge in [-0.25, -0.2) is 0 Å². The Bertz CT molecular complexity index is 249. The number of amides is 1. The summed E-state index contributed by atoms with van der Waals surface area (Å²) in [5, 5.41) is 0. The van der Waals surface area contributed by atoms with Crippen molar-refractivity contribution in [2.24, 2.45) is 5.73 Å². The van der Waals surface area contributed by atoms with Crippen molar-refractivity contribution in [1.29, 1.82) is 0 Å². The zero-order chi connectivity index (χ0) is 11.5. The van der Waals surface area contributed by atoms with Gasteiger partial charge in [0.15, 0.2) is 0 Å². The number of hydrogen-bond donors (Lipinski definition) is 1. The van der Waals surface area contributed by atoms with Gasteiger partial charge < -0.3 is 10.6 Å². The van der Waals surface area contributed by atoms with Crippen molar-refractivity contribution in [2.45, 2.75) is 44.7 Å². The summed E-state index contributed by atoms with van der Waals surface area (Å²) < 4.78 is 0. The average molecular weight is 225 g/mol. The van der Waals surface area contributed by atoms with E-state index in [2.05, 4.69) is 4.90 Å². The normalized spacial score (nSPS) is 29.4. The first-order valence-corrected chi connectivity index (χ1v) is 6.47. The molecule has 1 unspecified atom stereocenters. The van der Waals surface area contributed by atoms with Gasteiger partial charge >= 0.3 is 0 Å². The molecule has 2 saturated heterocycles. The van der Waals surface area contributed by atoms with Crippen LogP contribution in [-0.4, -0.2) is 54.0 Å². The van der Waals surface area contributed by atoms with Crippen molar-refractivity contribution in [3.05, 3.63) is 0 Å². The summed E-state index contributed by atoms with van der Waals surface area (Å²) in [4.78, 5) is 16.3. The minimum atomic E-state index is -0.350. The molecule has 2 fully saturated rings. The van der Waals surface area contributed by atoms with Gasteiger partial charge in [-0.1, -0.05) is 0 Å². The average Bonchev–Trinajstić information content (AvgIpc) is 2.81. The lowest BCUT2D eigenvalue weighted by Gasteiger charge is -2.38. The molecule has 0 aromatic carbocycles. The third kappa shape index (κ3) is 2.55. The maximum absolute atomic E-state index is 11.8. The van der Waals surface area contributed by atoms with E-state index in [0.29, 0.717) is 6.04 Å². The number of carbonyl (C=O) groups is 1. The van der Waals surface area contributed by atoms with E-state index in [0.717, 1.165) is 19.5 Å². The predicted octanol–water partition coefficient (Wildman–Crippen LogP) is 0.420. The highest BCUT2D eigenvalue weighted by atomic mass is 16.2. The number of carbonyl (C=O) groups excluding carboxylic acids is 1. The molecule has 1 amide bonds. The van der Waals surface area contributed by atoms with Gasteiger partial charge in [0.1, 0.15) is 0 Å².